The Bertz CT molecular complexity index is 635. The number of likely N-dealkylation sites (N-methyl/N-ethyl adjacent to an activating group) is 1. The molecule has 1 atom stereocenters. The van der Waals surface area contributed by atoms with Gasteiger partial charge in [-0.25, -0.2) is 0 Å². The Kier molecular flexibility index (Phi) is 7.30. The normalized spacial score (nSPS) is 16.4. The molecule has 1 unspecified atom stereocenters. The average Bonchev–Trinajstić information content (AvgIpc) is 2.55. The first-order valence-electron chi connectivity index (χ1n) is 8.75. The number of halogens is 1. The van der Waals surface area contributed by atoms with E-state index in [1.54, 1.807) is 38.1 Å². The van der Waals surface area contributed by atoms with E-state index in [2.05, 4.69) is 0 Å². The second kappa shape index (κ2) is 8.11. The van der Waals surface area contributed by atoms with Crippen LogP contribution in [0.1, 0.15) is 38.7 Å². The van der Waals surface area contributed by atoms with Crippen LogP contribution in [-0.2, 0) is 5.41 Å². The van der Waals surface area contributed by atoms with Gasteiger partial charge in [0.05, 0.1) is 0 Å². The molecule has 0 aliphatic heterocycles. The molecule has 162 valence electrons. The predicted molar refractivity (Wildman–Crippen MR) is 101 cm³/mol. The van der Waals surface area contributed by atoms with E-state index in [0.717, 1.165) is 0 Å². The number of hydrogen-bond donors (Lipinski definition) is 8. The van der Waals surface area contributed by atoms with E-state index in [0.29, 0.717) is 10.6 Å². The van der Waals surface area contributed by atoms with Crippen LogP contribution in [0.5, 0.6) is 0 Å². The van der Waals surface area contributed by atoms with Crippen LogP contribution in [0.25, 0.3) is 0 Å². The lowest BCUT2D eigenvalue weighted by Crippen LogP contribution is -2.74. The molecule has 8 N–H and O–H groups in total. The Hall–Kier alpha value is -0.850. The minimum absolute atomic E-state index is 0.250. The second-order valence-corrected chi connectivity index (χ2v) is 7.75. The largest absolute Gasteiger partial charge is 0.375 e. The summed E-state index contributed by atoms with van der Waals surface area (Å²) in [6, 6.07) is 6.44. The lowest BCUT2D eigenvalue weighted by molar-refractivity contribution is -0.502. The zero-order chi connectivity index (χ0) is 22.2. The van der Waals surface area contributed by atoms with Gasteiger partial charge in [-0.1, -0.05) is 37.6 Å². The highest BCUT2D eigenvalue weighted by atomic mass is 35.5. The Labute approximate surface area is 168 Å². The quantitative estimate of drug-likeness (QED) is 0.233. The zero-order valence-electron chi connectivity index (χ0n) is 16.3. The molecule has 0 bridgehead atoms. The monoisotopic (exact) mass is 423 g/mol. The van der Waals surface area contributed by atoms with Gasteiger partial charge in [0.1, 0.15) is 5.72 Å². The Balaban J connectivity index is 3.75. The van der Waals surface area contributed by atoms with Crippen molar-refractivity contribution >= 4 is 11.6 Å². The van der Waals surface area contributed by atoms with Crippen LogP contribution in [0.2, 0.25) is 5.02 Å². The van der Waals surface area contributed by atoms with Crippen LogP contribution in [0, 0.1) is 0 Å². The van der Waals surface area contributed by atoms with Crippen molar-refractivity contribution in [2.45, 2.75) is 61.8 Å². The number of hydrogen-bond acceptors (Lipinski definition) is 9. The molecular formula is C18H30ClNO8. The maximum atomic E-state index is 11.7. The molecule has 0 saturated carbocycles. The van der Waals surface area contributed by atoms with Gasteiger partial charge in [0.25, 0.3) is 0 Å². The van der Waals surface area contributed by atoms with Crippen molar-refractivity contribution in [3.05, 3.63) is 34.9 Å². The Morgan fingerprint density at radius 3 is 1.46 bits per heavy atom. The van der Waals surface area contributed by atoms with Gasteiger partial charge >= 0.3 is 11.9 Å². The highest BCUT2D eigenvalue weighted by molar-refractivity contribution is 6.30. The van der Waals surface area contributed by atoms with E-state index in [1.165, 1.54) is 19.0 Å². The summed E-state index contributed by atoms with van der Waals surface area (Å²) in [4.78, 5) is 1.22. The van der Waals surface area contributed by atoms with Gasteiger partial charge in [-0.3, -0.25) is 4.90 Å². The lowest BCUT2D eigenvalue weighted by atomic mass is 9.63. The minimum atomic E-state index is -4.16. The number of rotatable bonds is 9. The summed E-state index contributed by atoms with van der Waals surface area (Å²) in [6.07, 6.45) is -0.759. The van der Waals surface area contributed by atoms with Crippen molar-refractivity contribution in [2.24, 2.45) is 0 Å². The summed E-state index contributed by atoms with van der Waals surface area (Å²) in [6.45, 7) is 3.47. The first-order chi connectivity index (χ1) is 12.5. The first-order valence-corrected chi connectivity index (χ1v) is 9.12. The van der Waals surface area contributed by atoms with Crippen LogP contribution < -0.4 is 0 Å². The molecular weight excluding hydrogens is 394 g/mol. The number of nitrogens with zero attached hydrogens (tertiary/aromatic N) is 1. The summed E-state index contributed by atoms with van der Waals surface area (Å²) in [5.74, 6) is -8.33. The predicted octanol–water partition coefficient (Wildman–Crippen LogP) is -0.969. The highest BCUT2D eigenvalue weighted by Crippen LogP contribution is 2.49. The molecule has 0 radical (unpaired) electrons. The van der Waals surface area contributed by atoms with Crippen molar-refractivity contribution in [2.75, 3.05) is 14.1 Å². The minimum Gasteiger partial charge on any atom is -0.375 e. The fourth-order valence-electron chi connectivity index (χ4n) is 3.80. The topological polar surface area (TPSA) is 165 Å². The number of aliphatic hydroxyl groups is 8. The van der Waals surface area contributed by atoms with Crippen LogP contribution in [-0.4, -0.2) is 83.1 Å². The summed E-state index contributed by atoms with van der Waals surface area (Å²) in [5, 5.41) is 80.0. The molecule has 28 heavy (non-hydrogen) atoms. The van der Waals surface area contributed by atoms with Gasteiger partial charge in [0, 0.05) is 16.9 Å². The molecule has 0 fully saturated rings. The van der Waals surface area contributed by atoms with Gasteiger partial charge in [-0.05, 0) is 44.6 Å². The lowest BCUT2D eigenvalue weighted by Gasteiger charge is -2.55. The maximum Gasteiger partial charge on any atom is 0.314 e. The molecule has 0 amide bonds. The molecule has 10 heteroatoms. The van der Waals surface area contributed by atoms with E-state index in [4.69, 9.17) is 11.6 Å². The van der Waals surface area contributed by atoms with E-state index >= 15 is 0 Å². The van der Waals surface area contributed by atoms with Crippen LogP contribution >= 0.6 is 11.6 Å². The van der Waals surface area contributed by atoms with Gasteiger partial charge in [0.2, 0.25) is 5.60 Å². The van der Waals surface area contributed by atoms with E-state index in [1.807, 2.05) is 0 Å². The zero-order valence-corrected chi connectivity index (χ0v) is 17.1. The van der Waals surface area contributed by atoms with E-state index < -0.39 is 35.1 Å². The molecule has 9 nitrogen and oxygen atoms in total. The van der Waals surface area contributed by atoms with Crippen molar-refractivity contribution in [1.29, 1.82) is 0 Å². The third-order valence-corrected chi connectivity index (χ3v) is 5.97. The first kappa shape index (κ1) is 25.2. The van der Waals surface area contributed by atoms with Gasteiger partial charge in [-0.2, -0.15) is 0 Å². The van der Waals surface area contributed by atoms with Crippen molar-refractivity contribution in [3.8, 4) is 0 Å². The smallest absolute Gasteiger partial charge is 0.314 e. The third kappa shape index (κ3) is 4.05. The Morgan fingerprint density at radius 1 is 0.786 bits per heavy atom. The molecule has 0 heterocycles. The molecule has 1 aromatic rings. The summed E-state index contributed by atoms with van der Waals surface area (Å²) < 4.78 is 0. The molecule has 1 rings (SSSR count). The van der Waals surface area contributed by atoms with Crippen LogP contribution in [0.15, 0.2) is 24.3 Å². The summed E-state index contributed by atoms with van der Waals surface area (Å²) in [5.41, 5.74) is -6.64. The van der Waals surface area contributed by atoms with E-state index in [-0.39, 0.29) is 12.8 Å². The molecule has 0 aliphatic rings. The SMILES string of the molecule is CCC(CC)(c1ccc(Cl)cc1)C(O)(CC(O)(C(O)(O)O)C(O)(O)O)N(C)C. The maximum absolute atomic E-state index is 11.7. The van der Waals surface area contributed by atoms with Crippen LogP contribution in [0.4, 0.5) is 0 Å². The van der Waals surface area contributed by atoms with Gasteiger partial charge < -0.3 is 40.9 Å². The average molecular weight is 424 g/mol. The molecule has 0 spiro atoms. The summed E-state index contributed by atoms with van der Waals surface area (Å²) >= 11 is 5.94. The van der Waals surface area contributed by atoms with Crippen molar-refractivity contribution in [3.63, 3.8) is 0 Å². The Morgan fingerprint density at radius 2 is 1.18 bits per heavy atom. The summed E-state index contributed by atoms with van der Waals surface area (Å²) in [7, 11) is 2.83. The molecule has 1 aromatic carbocycles. The van der Waals surface area contributed by atoms with Crippen molar-refractivity contribution < 1.29 is 40.9 Å². The number of benzene rings is 1. The van der Waals surface area contributed by atoms with Crippen molar-refractivity contribution in [1.82, 2.24) is 4.90 Å². The van der Waals surface area contributed by atoms with Gasteiger partial charge in [-0.15, -0.1) is 0 Å². The molecule has 0 aromatic heterocycles. The molecule has 0 saturated heterocycles. The van der Waals surface area contributed by atoms with Gasteiger partial charge in [0.15, 0.2) is 0 Å². The third-order valence-electron chi connectivity index (χ3n) is 5.72. The second-order valence-electron chi connectivity index (χ2n) is 7.32. The highest BCUT2D eigenvalue weighted by Gasteiger charge is 2.68. The standard InChI is InChI=1S/C18H30ClNO8/c1-5-14(6-2,12-7-9-13(19)10-8-12)16(22,20(3)4)11-15(21,17(23,24)25)18(26,27)28/h7-10,21-28H,5-6,11H2,1-4H3. The fourth-order valence-corrected chi connectivity index (χ4v) is 3.92. The fraction of sp³-hybridized carbons (Fsp3) is 0.667. The van der Waals surface area contributed by atoms with Crippen LogP contribution in [0.3, 0.4) is 0 Å². The molecule has 0 aliphatic carbocycles. The van der Waals surface area contributed by atoms with E-state index in [9.17, 15) is 40.9 Å².